The number of nitrogens with one attached hydrogen (secondary N) is 3. The van der Waals surface area contributed by atoms with E-state index in [4.69, 9.17) is 0 Å². The minimum Gasteiger partial charge on any atom is -0.360 e. The Kier molecular flexibility index (Phi) is 5.39. The molecule has 1 aromatic carbocycles. The van der Waals surface area contributed by atoms with Gasteiger partial charge in [-0.2, -0.15) is 11.3 Å². The quantitative estimate of drug-likeness (QED) is 0.565. The number of nitrogens with zero attached hydrogens (tertiary/aromatic N) is 1. The normalized spacial score (nSPS) is 10.5. The third kappa shape index (κ3) is 4.30. The molecule has 2 heterocycles. The van der Waals surface area contributed by atoms with Crippen molar-refractivity contribution in [3.05, 3.63) is 46.7 Å². The second-order valence-corrected chi connectivity index (χ2v) is 6.77. The lowest BCUT2D eigenvalue weighted by Gasteiger charge is -2.06. The first-order valence-corrected chi connectivity index (χ1v) is 9.15. The highest BCUT2D eigenvalue weighted by molar-refractivity contribution is 7.22. The van der Waals surface area contributed by atoms with E-state index in [0.717, 1.165) is 15.3 Å². The molecule has 2 aromatic heterocycles. The number of amides is 2. The molecular weight excluding hydrogens is 344 g/mol. The third-order valence-corrected chi connectivity index (χ3v) is 4.89. The van der Waals surface area contributed by atoms with E-state index in [1.165, 1.54) is 11.3 Å². The van der Waals surface area contributed by atoms with Crippen LogP contribution in [0.2, 0.25) is 0 Å². The number of hydrogen-bond donors (Lipinski definition) is 3. The number of thiophene rings is 1. The van der Waals surface area contributed by atoms with Crippen LogP contribution in [0.5, 0.6) is 0 Å². The average Bonchev–Trinajstić information content (AvgIpc) is 3.25. The molecule has 3 aromatic rings. The van der Waals surface area contributed by atoms with Crippen LogP contribution in [0.25, 0.3) is 10.2 Å². The Morgan fingerprint density at radius 3 is 2.75 bits per heavy atom. The van der Waals surface area contributed by atoms with Crippen LogP contribution in [0.15, 0.2) is 41.1 Å². The molecule has 0 saturated heterocycles. The van der Waals surface area contributed by atoms with Gasteiger partial charge in [0.1, 0.15) is 0 Å². The summed E-state index contributed by atoms with van der Waals surface area (Å²) in [4.78, 5) is 27.9. The van der Waals surface area contributed by atoms with Crippen molar-refractivity contribution in [1.29, 1.82) is 0 Å². The summed E-state index contributed by atoms with van der Waals surface area (Å²) >= 11 is 3.02. The highest BCUT2D eigenvalue weighted by Gasteiger charge is 2.08. The van der Waals surface area contributed by atoms with Crippen molar-refractivity contribution in [2.45, 2.75) is 0 Å². The number of aromatic nitrogens is 1. The molecule has 0 unspecified atom stereocenters. The van der Waals surface area contributed by atoms with Gasteiger partial charge in [0.25, 0.3) is 5.91 Å². The summed E-state index contributed by atoms with van der Waals surface area (Å²) in [6.07, 6.45) is 0. The maximum absolute atomic E-state index is 11.7. The number of carbonyl (C=O) groups is 2. The molecule has 0 bridgehead atoms. The van der Waals surface area contributed by atoms with Crippen molar-refractivity contribution in [2.24, 2.45) is 0 Å². The molecule has 3 rings (SSSR count). The Bertz CT molecular complexity index is 797. The molecule has 24 heavy (non-hydrogen) atoms. The topological polar surface area (TPSA) is 83.1 Å². The van der Waals surface area contributed by atoms with Crippen LogP contribution in [-0.2, 0) is 4.79 Å². The van der Waals surface area contributed by atoms with Crippen LogP contribution < -0.4 is 16.0 Å². The first-order chi connectivity index (χ1) is 11.7. The molecule has 3 N–H and O–H groups in total. The zero-order chi connectivity index (χ0) is 16.8. The fraction of sp³-hybridized carbons (Fsp3) is 0.188. The second kappa shape index (κ2) is 7.89. The fourth-order valence-electron chi connectivity index (χ4n) is 2.04. The summed E-state index contributed by atoms with van der Waals surface area (Å²) in [6.45, 7) is 1.00. The van der Waals surface area contributed by atoms with Crippen LogP contribution in [-0.4, -0.2) is 36.4 Å². The molecule has 0 fully saturated rings. The van der Waals surface area contributed by atoms with Gasteiger partial charge < -0.3 is 16.0 Å². The Balaban J connectivity index is 1.35. The Morgan fingerprint density at radius 2 is 1.96 bits per heavy atom. The van der Waals surface area contributed by atoms with Gasteiger partial charge in [-0.1, -0.05) is 23.5 Å². The number of anilines is 1. The summed E-state index contributed by atoms with van der Waals surface area (Å²) in [6, 6.07) is 9.65. The van der Waals surface area contributed by atoms with Gasteiger partial charge >= 0.3 is 0 Å². The summed E-state index contributed by atoms with van der Waals surface area (Å²) in [7, 11) is 0. The zero-order valence-electron chi connectivity index (χ0n) is 12.7. The lowest BCUT2D eigenvalue weighted by Crippen LogP contribution is -2.38. The number of hydrogen-bond acceptors (Lipinski definition) is 6. The Morgan fingerprint density at radius 1 is 1.08 bits per heavy atom. The number of rotatable bonds is 7. The lowest BCUT2D eigenvalue weighted by molar-refractivity contribution is -0.120. The van der Waals surface area contributed by atoms with E-state index in [2.05, 4.69) is 20.9 Å². The number of fused-ring (bicyclic) bond motifs is 1. The van der Waals surface area contributed by atoms with E-state index < -0.39 is 0 Å². The zero-order valence-corrected chi connectivity index (χ0v) is 14.4. The van der Waals surface area contributed by atoms with Gasteiger partial charge in [-0.05, 0) is 23.6 Å². The van der Waals surface area contributed by atoms with Crippen molar-refractivity contribution >= 4 is 49.8 Å². The van der Waals surface area contributed by atoms with E-state index in [9.17, 15) is 9.59 Å². The van der Waals surface area contributed by atoms with E-state index in [-0.39, 0.29) is 18.4 Å². The molecule has 124 valence electrons. The van der Waals surface area contributed by atoms with Gasteiger partial charge in [0.2, 0.25) is 5.91 Å². The van der Waals surface area contributed by atoms with Crippen molar-refractivity contribution in [3.63, 3.8) is 0 Å². The van der Waals surface area contributed by atoms with Crippen LogP contribution in [0, 0.1) is 0 Å². The number of benzene rings is 1. The Labute approximate surface area is 146 Å². The van der Waals surface area contributed by atoms with E-state index >= 15 is 0 Å². The minimum atomic E-state index is -0.237. The molecular formula is C16H16N4O2S2. The lowest BCUT2D eigenvalue weighted by atomic mass is 10.3. The van der Waals surface area contributed by atoms with Crippen molar-refractivity contribution in [1.82, 2.24) is 15.6 Å². The number of thiazole rings is 1. The Hall–Kier alpha value is -2.45. The SMILES string of the molecule is O=C(CNC(=O)c1ccsc1)NCCNc1nc2ccccc2s1. The monoisotopic (exact) mass is 360 g/mol. The molecule has 0 radical (unpaired) electrons. The molecule has 0 saturated carbocycles. The predicted octanol–water partition coefficient (Wildman–Crippen LogP) is 2.32. The van der Waals surface area contributed by atoms with Crippen LogP contribution >= 0.6 is 22.7 Å². The molecule has 0 atom stereocenters. The van der Waals surface area contributed by atoms with Crippen molar-refractivity contribution in [3.8, 4) is 0 Å². The highest BCUT2D eigenvalue weighted by atomic mass is 32.1. The van der Waals surface area contributed by atoms with Gasteiger partial charge in [-0.15, -0.1) is 0 Å². The molecule has 0 aliphatic carbocycles. The van der Waals surface area contributed by atoms with Gasteiger partial charge in [0.15, 0.2) is 5.13 Å². The van der Waals surface area contributed by atoms with E-state index in [0.29, 0.717) is 18.7 Å². The largest absolute Gasteiger partial charge is 0.360 e. The van der Waals surface area contributed by atoms with Crippen LogP contribution in [0.1, 0.15) is 10.4 Å². The molecule has 8 heteroatoms. The van der Waals surface area contributed by atoms with E-state index in [1.54, 1.807) is 22.8 Å². The molecule has 2 amide bonds. The van der Waals surface area contributed by atoms with Crippen molar-refractivity contribution in [2.75, 3.05) is 25.0 Å². The van der Waals surface area contributed by atoms with Crippen LogP contribution in [0.3, 0.4) is 0 Å². The predicted molar refractivity (Wildman–Crippen MR) is 97.8 cm³/mol. The second-order valence-electron chi connectivity index (χ2n) is 4.96. The molecule has 0 aliphatic heterocycles. The van der Waals surface area contributed by atoms with Gasteiger partial charge in [-0.3, -0.25) is 9.59 Å². The first kappa shape index (κ1) is 16.4. The maximum Gasteiger partial charge on any atom is 0.252 e. The summed E-state index contributed by atoms with van der Waals surface area (Å²) < 4.78 is 1.13. The minimum absolute atomic E-state index is 0.0319. The summed E-state index contributed by atoms with van der Waals surface area (Å²) in [5.41, 5.74) is 1.54. The summed E-state index contributed by atoms with van der Waals surface area (Å²) in [5, 5.41) is 12.9. The van der Waals surface area contributed by atoms with Gasteiger partial charge in [0, 0.05) is 24.0 Å². The van der Waals surface area contributed by atoms with Gasteiger partial charge in [-0.25, -0.2) is 4.98 Å². The van der Waals surface area contributed by atoms with E-state index in [1.807, 2.05) is 29.6 Å². The maximum atomic E-state index is 11.7. The molecule has 0 spiro atoms. The standard InChI is InChI=1S/C16H16N4O2S2/c21-14(9-19-15(22)11-5-8-23-10-11)17-6-7-18-16-20-12-3-1-2-4-13(12)24-16/h1-5,8,10H,6-7,9H2,(H,17,21)(H,18,20)(H,19,22). The highest BCUT2D eigenvalue weighted by Crippen LogP contribution is 2.24. The smallest absolute Gasteiger partial charge is 0.252 e. The average molecular weight is 360 g/mol. The molecule has 0 aliphatic rings. The number of carbonyl (C=O) groups excluding carboxylic acids is 2. The van der Waals surface area contributed by atoms with Crippen molar-refractivity contribution < 1.29 is 9.59 Å². The fourth-order valence-corrected chi connectivity index (χ4v) is 3.57. The summed E-state index contributed by atoms with van der Waals surface area (Å²) in [5.74, 6) is -0.455. The third-order valence-electron chi connectivity index (χ3n) is 3.21. The first-order valence-electron chi connectivity index (χ1n) is 7.39. The van der Waals surface area contributed by atoms with Crippen LogP contribution in [0.4, 0.5) is 5.13 Å². The number of para-hydroxylation sites is 1. The molecule has 6 nitrogen and oxygen atoms in total. The van der Waals surface area contributed by atoms with Gasteiger partial charge in [0.05, 0.1) is 16.8 Å².